The van der Waals surface area contributed by atoms with E-state index in [4.69, 9.17) is 9.05 Å². The molecule has 3 rings (SSSR count). The Hall–Kier alpha value is -1.67. The fourth-order valence-electron chi connectivity index (χ4n) is 2.51. The Bertz CT molecular complexity index is 734. The molecule has 0 N–H and O–H groups in total. The molecule has 0 amide bonds. The lowest BCUT2D eigenvalue weighted by Gasteiger charge is -2.33. The zero-order chi connectivity index (χ0) is 15.0. The summed E-state index contributed by atoms with van der Waals surface area (Å²) in [5.41, 5.74) is 1.44. The summed E-state index contributed by atoms with van der Waals surface area (Å²) < 4.78 is 34.2. The molecule has 1 aliphatic heterocycles. The highest BCUT2D eigenvalue weighted by molar-refractivity contribution is 7.91. The molecule has 21 heavy (non-hydrogen) atoms. The SMILES string of the molecule is Cc1ccc([C@@H]2CS(=O)(=O)CCN2Cc2nonc2C)o1. The first-order valence-corrected chi connectivity index (χ1v) is 8.55. The van der Waals surface area contributed by atoms with Gasteiger partial charge in [0.25, 0.3) is 0 Å². The molecule has 0 aromatic carbocycles. The van der Waals surface area contributed by atoms with E-state index in [2.05, 4.69) is 10.3 Å². The van der Waals surface area contributed by atoms with Gasteiger partial charge in [-0.15, -0.1) is 0 Å². The molecule has 8 heteroatoms. The summed E-state index contributed by atoms with van der Waals surface area (Å²) in [4.78, 5) is 2.05. The summed E-state index contributed by atoms with van der Waals surface area (Å²) in [5.74, 6) is 1.65. The Morgan fingerprint density at radius 1 is 1.33 bits per heavy atom. The maximum absolute atomic E-state index is 11.9. The van der Waals surface area contributed by atoms with E-state index in [-0.39, 0.29) is 17.5 Å². The molecular weight excluding hydrogens is 294 g/mol. The van der Waals surface area contributed by atoms with Gasteiger partial charge in [-0.05, 0) is 26.0 Å². The third-order valence-corrected chi connectivity index (χ3v) is 5.36. The molecular formula is C13H17N3O4S. The molecule has 1 aliphatic rings. The van der Waals surface area contributed by atoms with E-state index in [1.54, 1.807) is 0 Å². The summed E-state index contributed by atoms with van der Waals surface area (Å²) in [7, 11) is -3.05. The summed E-state index contributed by atoms with van der Waals surface area (Å²) in [6.45, 7) is 4.60. The van der Waals surface area contributed by atoms with Crippen LogP contribution in [0.1, 0.15) is 29.0 Å². The summed E-state index contributed by atoms with van der Waals surface area (Å²) in [6, 6.07) is 3.38. The standard InChI is InChI=1S/C13H17N3O4S/c1-9-3-4-13(19-9)12-8-21(17,18)6-5-16(12)7-11-10(2)14-20-15-11/h3-4,12H,5-8H2,1-2H3/t12-/m0/s1. The molecule has 1 atom stereocenters. The van der Waals surface area contributed by atoms with Crippen LogP contribution in [0.3, 0.4) is 0 Å². The summed E-state index contributed by atoms with van der Waals surface area (Å²) >= 11 is 0. The molecule has 2 aromatic heterocycles. The van der Waals surface area contributed by atoms with E-state index in [9.17, 15) is 8.42 Å². The van der Waals surface area contributed by atoms with Gasteiger partial charge in [0.05, 0.1) is 17.5 Å². The largest absolute Gasteiger partial charge is 0.465 e. The van der Waals surface area contributed by atoms with E-state index in [1.165, 1.54) is 0 Å². The fraction of sp³-hybridized carbons (Fsp3) is 0.538. The van der Waals surface area contributed by atoms with Crippen LogP contribution in [0.15, 0.2) is 21.2 Å². The fourth-order valence-corrected chi connectivity index (χ4v) is 4.05. The van der Waals surface area contributed by atoms with Crippen LogP contribution in [-0.2, 0) is 16.4 Å². The zero-order valence-corrected chi connectivity index (χ0v) is 12.8. The third-order valence-electron chi connectivity index (χ3n) is 3.73. The lowest BCUT2D eigenvalue weighted by atomic mass is 10.2. The van der Waals surface area contributed by atoms with Gasteiger partial charge in [-0.2, -0.15) is 0 Å². The van der Waals surface area contributed by atoms with Gasteiger partial charge in [0.1, 0.15) is 22.9 Å². The van der Waals surface area contributed by atoms with Gasteiger partial charge >= 0.3 is 0 Å². The van der Waals surface area contributed by atoms with E-state index >= 15 is 0 Å². The maximum Gasteiger partial charge on any atom is 0.153 e. The Morgan fingerprint density at radius 2 is 2.14 bits per heavy atom. The molecule has 2 aromatic rings. The first kappa shape index (κ1) is 14.3. The minimum Gasteiger partial charge on any atom is -0.465 e. The summed E-state index contributed by atoms with van der Waals surface area (Å²) in [5, 5.41) is 7.63. The van der Waals surface area contributed by atoms with Crippen molar-refractivity contribution in [1.82, 2.24) is 15.2 Å². The van der Waals surface area contributed by atoms with E-state index in [0.717, 1.165) is 17.1 Å². The minimum absolute atomic E-state index is 0.0598. The van der Waals surface area contributed by atoms with Crippen molar-refractivity contribution in [2.75, 3.05) is 18.1 Å². The number of nitrogens with zero attached hydrogens (tertiary/aromatic N) is 3. The lowest BCUT2D eigenvalue weighted by molar-refractivity contribution is 0.176. The highest BCUT2D eigenvalue weighted by Gasteiger charge is 2.34. The monoisotopic (exact) mass is 311 g/mol. The number of furan rings is 1. The topological polar surface area (TPSA) is 89.4 Å². The highest BCUT2D eigenvalue weighted by Crippen LogP contribution is 2.29. The van der Waals surface area contributed by atoms with Crippen LogP contribution in [0.4, 0.5) is 0 Å². The first-order chi connectivity index (χ1) is 9.94. The normalized spacial score (nSPS) is 22.5. The van der Waals surface area contributed by atoms with E-state index < -0.39 is 9.84 Å². The lowest BCUT2D eigenvalue weighted by Crippen LogP contribution is -2.42. The molecule has 114 valence electrons. The van der Waals surface area contributed by atoms with Crippen molar-refractivity contribution in [1.29, 1.82) is 0 Å². The average molecular weight is 311 g/mol. The van der Waals surface area contributed by atoms with Crippen LogP contribution < -0.4 is 0 Å². The van der Waals surface area contributed by atoms with Gasteiger partial charge in [-0.1, -0.05) is 10.3 Å². The van der Waals surface area contributed by atoms with Gasteiger partial charge in [-0.25, -0.2) is 13.0 Å². The summed E-state index contributed by atoms with van der Waals surface area (Å²) in [6.07, 6.45) is 0. The number of sulfone groups is 1. The van der Waals surface area contributed by atoms with E-state index in [1.807, 2.05) is 30.9 Å². The van der Waals surface area contributed by atoms with Gasteiger partial charge in [0, 0.05) is 13.1 Å². The van der Waals surface area contributed by atoms with Crippen LogP contribution >= 0.6 is 0 Å². The Labute approximate surface area is 122 Å². The van der Waals surface area contributed by atoms with Gasteiger partial charge in [0.2, 0.25) is 0 Å². The number of aryl methyl sites for hydroxylation is 2. The maximum atomic E-state index is 11.9. The van der Waals surface area contributed by atoms with Crippen molar-refractivity contribution < 1.29 is 17.5 Å². The first-order valence-electron chi connectivity index (χ1n) is 6.73. The van der Waals surface area contributed by atoms with Crippen LogP contribution in [0.5, 0.6) is 0 Å². The van der Waals surface area contributed by atoms with Crippen molar-refractivity contribution in [2.45, 2.75) is 26.4 Å². The van der Waals surface area contributed by atoms with Gasteiger partial charge in [0.15, 0.2) is 9.84 Å². The van der Waals surface area contributed by atoms with Crippen molar-refractivity contribution in [3.63, 3.8) is 0 Å². The number of rotatable bonds is 3. The van der Waals surface area contributed by atoms with Crippen LogP contribution in [0.2, 0.25) is 0 Å². The minimum atomic E-state index is -3.05. The molecule has 1 saturated heterocycles. The molecule has 1 fully saturated rings. The Morgan fingerprint density at radius 3 is 2.76 bits per heavy atom. The highest BCUT2D eigenvalue weighted by atomic mass is 32.2. The second kappa shape index (κ2) is 5.27. The molecule has 7 nitrogen and oxygen atoms in total. The van der Waals surface area contributed by atoms with Crippen LogP contribution in [0, 0.1) is 13.8 Å². The van der Waals surface area contributed by atoms with Crippen molar-refractivity contribution in [3.8, 4) is 0 Å². The average Bonchev–Trinajstić information content (AvgIpc) is 3.01. The van der Waals surface area contributed by atoms with Crippen LogP contribution in [-0.4, -0.2) is 41.7 Å². The van der Waals surface area contributed by atoms with E-state index in [0.29, 0.717) is 18.8 Å². The molecule has 0 aliphatic carbocycles. The molecule has 0 spiro atoms. The number of hydrogen-bond acceptors (Lipinski definition) is 7. The molecule has 0 unspecified atom stereocenters. The predicted octanol–water partition coefficient (Wildman–Crippen LogP) is 1.25. The predicted molar refractivity (Wildman–Crippen MR) is 74.3 cm³/mol. The van der Waals surface area contributed by atoms with Crippen LogP contribution in [0.25, 0.3) is 0 Å². The van der Waals surface area contributed by atoms with Crippen molar-refractivity contribution in [2.24, 2.45) is 0 Å². The Kier molecular flexibility index (Phi) is 3.58. The quantitative estimate of drug-likeness (QED) is 0.842. The molecule has 0 bridgehead atoms. The smallest absolute Gasteiger partial charge is 0.153 e. The van der Waals surface area contributed by atoms with Crippen molar-refractivity contribution >= 4 is 9.84 Å². The molecule has 0 radical (unpaired) electrons. The zero-order valence-electron chi connectivity index (χ0n) is 11.9. The molecule has 3 heterocycles. The van der Waals surface area contributed by atoms with Gasteiger partial charge in [-0.3, -0.25) is 4.90 Å². The number of hydrogen-bond donors (Lipinski definition) is 0. The molecule has 0 saturated carbocycles. The second-order valence-electron chi connectivity index (χ2n) is 5.35. The third kappa shape index (κ3) is 3.01. The van der Waals surface area contributed by atoms with Gasteiger partial charge < -0.3 is 4.42 Å². The Balaban J connectivity index is 1.88. The van der Waals surface area contributed by atoms with Crippen molar-refractivity contribution in [3.05, 3.63) is 35.0 Å². The second-order valence-corrected chi connectivity index (χ2v) is 7.57. The number of aromatic nitrogens is 2.